The number of hydrogen-bond acceptors (Lipinski definition) is 4. The number of nitrogens with zero attached hydrogens (tertiary/aromatic N) is 2. The Morgan fingerprint density at radius 2 is 2.08 bits per heavy atom. The summed E-state index contributed by atoms with van der Waals surface area (Å²) in [4.78, 5) is 28.3. The number of amides is 2. The predicted molar refractivity (Wildman–Crippen MR) is 101 cm³/mol. The Morgan fingerprint density at radius 3 is 2.69 bits per heavy atom. The monoisotopic (exact) mass is 389 g/mol. The van der Waals surface area contributed by atoms with Gasteiger partial charge in [0.1, 0.15) is 6.07 Å². The number of rotatable bonds is 4. The third kappa shape index (κ3) is 4.41. The smallest absolute Gasteiger partial charge is 0.279 e. The van der Waals surface area contributed by atoms with Gasteiger partial charge in [-0.15, -0.1) is 11.3 Å². The number of thiophene rings is 1. The molecule has 0 radical (unpaired) electrons. The Hall–Kier alpha value is -2.40. The molecule has 1 saturated heterocycles. The molecule has 0 saturated carbocycles. The van der Waals surface area contributed by atoms with Crippen LogP contribution in [0.1, 0.15) is 15.2 Å². The van der Waals surface area contributed by atoms with Crippen molar-refractivity contribution < 1.29 is 14.5 Å². The normalized spacial score (nSPS) is 14.7. The zero-order chi connectivity index (χ0) is 18.5. The number of nitriles is 1. The van der Waals surface area contributed by atoms with Crippen LogP contribution in [-0.2, 0) is 4.79 Å². The van der Waals surface area contributed by atoms with Crippen molar-refractivity contribution in [3.8, 4) is 6.07 Å². The van der Waals surface area contributed by atoms with Crippen molar-refractivity contribution in [3.05, 3.63) is 51.2 Å². The van der Waals surface area contributed by atoms with Gasteiger partial charge in [-0.05, 0) is 29.6 Å². The van der Waals surface area contributed by atoms with Crippen LogP contribution in [0.5, 0.6) is 0 Å². The van der Waals surface area contributed by atoms with Crippen molar-refractivity contribution in [2.75, 3.05) is 38.0 Å². The summed E-state index contributed by atoms with van der Waals surface area (Å²) in [6.45, 7) is 3.08. The molecule has 134 valence electrons. The average molecular weight is 390 g/mol. The number of benzene rings is 1. The van der Waals surface area contributed by atoms with Gasteiger partial charge >= 0.3 is 0 Å². The molecule has 2 heterocycles. The van der Waals surface area contributed by atoms with Gasteiger partial charge in [-0.2, -0.15) is 5.26 Å². The van der Waals surface area contributed by atoms with E-state index in [1.807, 2.05) is 28.5 Å². The SMILES string of the molecule is N#Cc1ccc(NC(=O)C[NH+]2CCN(C(=O)c3cccs3)CC2)cc1Cl. The van der Waals surface area contributed by atoms with E-state index in [0.29, 0.717) is 35.9 Å². The number of nitrogens with one attached hydrogen (secondary N) is 2. The number of quaternary nitrogens is 1. The van der Waals surface area contributed by atoms with Gasteiger partial charge in [-0.25, -0.2) is 0 Å². The number of hydrogen-bond donors (Lipinski definition) is 2. The maximum absolute atomic E-state index is 12.3. The molecular weight excluding hydrogens is 372 g/mol. The highest BCUT2D eigenvalue weighted by Crippen LogP contribution is 2.20. The summed E-state index contributed by atoms with van der Waals surface area (Å²) in [7, 11) is 0. The fraction of sp³-hybridized carbons (Fsp3) is 0.278. The first-order chi connectivity index (χ1) is 12.6. The van der Waals surface area contributed by atoms with Crippen molar-refractivity contribution in [2.45, 2.75) is 0 Å². The summed E-state index contributed by atoms with van der Waals surface area (Å²) >= 11 is 7.43. The van der Waals surface area contributed by atoms with Crippen molar-refractivity contribution >= 4 is 40.4 Å². The van der Waals surface area contributed by atoms with E-state index in [0.717, 1.165) is 22.9 Å². The Bertz CT molecular complexity index is 839. The molecule has 1 fully saturated rings. The lowest BCUT2D eigenvalue weighted by molar-refractivity contribution is -0.895. The molecular formula is C18H18ClN4O2S+. The molecule has 3 rings (SSSR count). The number of carbonyl (C=O) groups is 2. The molecule has 1 aliphatic rings. The van der Waals surface area contributed by atoms with Crippen LogP contribution in [0, 0.1) is 11.3 Å². The Balaban J connectivity index is 1.48. The summed E-state index contributed by atoms with van der Waals surface area (Å²) in [5.74, 6) is -0.0467. The lowest BCUT2D eigenvalue weighted by Gasteiger charge is -2.31. The number of halogens is 1. The van der Waals surface area contributed by atoms with Gasteiger partial charge in [0.25, 0.3) is 11.8 Å². The van der Waals surface area contributed by atoms with Crippen LogP contribution < -0.4 is 10.2 Å². The summed E-state index contributed by atoms with van der Waals surface area (Å²) in [6, 6.07) is 10.5. The average Bonchev–Trinajstić information content (AvgIpc) is 3.16. The molecule has 2 aromatic rings. The van der Waals surface area contributed by atoms with E-state index >= 15 is 0 Å². The first-order valence-electron chi connectivity index (χ1n) is 8.22. The minimum absolute atomic E-state index is 0.0655. The van der Waals surface area contributed by atoms with Crippen molar-refractivity contribution in [2.24, 2.45) is 0 Å². The lowest BCUT2D eigenvalue weighted by Crippen LogP contribution is -3.15. The number of anilines is 1. The van der Waals surface area contributed by atoms with Crippen LogP contribution in [0.3, 0.4) is 0 Å². The van der Waals surface area contributed by atoms with Crippen molar-refractivity contribution in [1.29, 1.82) is 5.26 Å². The van der Waals surface area contributed by atoms with Gasteiger partial charge in [-0.3, -0.25) is 9.59 Å². The first-order valence-corrected chi connectivity index (χ1v) is 9.48. The number of carbonyl (C=O) groups excluding carboxylic acids is 2. The van der Waals surface area contributed by atoms with Gasteiger partial charge in [-0.1, -0.05) is 17.7 Å². The fourth-order valence-corrected chi connectivity index (χ4v) is 3.79. The molecule has 0 aliphatic carbocycles. The van der Waals surface area contributed by atoms with Crippen LogP contribution in [-0.4, -0.2) is 49.4 Å². The fourth-order valence-electron chi connectivity index (χ4n) is 2.87. The zero-order valence-electron chi connectivity index (χ0n) is 14.0. The molecule has 0 atom stereocenters. The summed E-state index contributed by atoms with van der Waals surface area (Å²) in [5.41, 5.74) is 0.951. The second-order valence-corrected chi connectivity index (χ2v) is 7.41. The third-order valence-electron chi connectivity index (χ3n) is 4.27. The Morgan fingerprint density at radius 1 is 1.31 bits per heavy atom. The second kappa shape index (κ2) is 8.32. The van der Waals surface area contributed by atoms with Crippen LogP contribution >= 0.6 is 22.9 Å². The van der Waals surface area contributed by atoms with Crippen LogP contribution in [0.4, 0.5) is 5.69 Å². The topological polar surface area (TPSA) is 77.6 Å². The van der Waals surface area contributed by atoms with Gasteiger partial charge in [0.15, 0.2) is 6.54 Å². The maximum Gasteiger partial charge on any atom is 0.279 e. The van der Waals surface area contributed by atoms with Crippen LogP contribution in [0.2, 0.25) is 5.02 Å². The minimum atomic E-state index is -0.112. The van der Waals surface area contributed by atoms with Crippen molar-refractivity contribution in [1.82, 2.24) is 4.90 Å². The zero-order valence-corrected chi connectivity index (χ0v) is 15.6. The molecule has 1 aliphatic heterocycles. The van der Waals surface area contributed by atoms with E-state index in [1.54, 1.807) is 18.2 Å². The molecule has 1 aromatic carbocycles. The largest absolute Gasteiger partial charge is 0.327 e. The maximum atomic E-state index is 12.3. The molecule has 0 spiro atoms. The molecule has 8 heteroatoms. The van der Waals surface area contributed by atoms with E-state index in [1.165, 1.54) is 11.3 Å². The van der Waals surface area contributed by atoms with E-state index in [-0.39, 0.29) is 11.8 Å². The molecule has 2 N–H and O–H groups in total. The van der Waals surface area contributed by atoms with Crippen molar-refractivity contribution in [3.63, 3.8) is 0 Å². The summed E-state index contributed by atoms with van der Waals surface area (Å²) < 4.78 is 0. The van der Waals surface area contributed by atoms with E-state index in [4.69, 9.17) is 16.9 Å². The quantitative estimate of drug-likeness (QED) is 0.826. The van der Waals surface area contributed by atoms with Gasteiger partial charge in [0, 0.05) is 5.69 Å². The minimum Gasteiger partial charge on any atom is -0.327 e. The predicted octanol–water partition coefficient (Wildman–Crippen LogP) is 1.25. The van der Waals surface area contributed by atoms with Crippen LogP contribution in [0.15, 0.2) is 35.7 Å². The van der Waals surface area contributed by atoms with Gasteiger partial charge < -0.3 is 15.1 Å². The second-order valence-electron chi connectivity index (χ2n) is 6.05. The van der Waals surface area contributed by atoms with Gasteiger partial charge in [0.2, 0.25) is 0 Å². The van der Waals surface area contributed by atoms with E-state index in [2.05, 4.69) is 5.32 Å². The molecule has 1 aromatic heterocycles. The molecule has 0 bridgehead atoms. The Labute approximate surface area is 160 Å². The van der Waals surface area contributed by atoms with Crippen LogP contribution in [0.25, 0.3) is 0 Å². The standard InChI is InChI=1S/C18H17ClN4O2S/c19-15-10-14(4-3-13(15)11-20)21-17(24)12-22-5-7-23(8-6-22)18(25)16-2-1-9-26-16/h1-4,9-10H,5-8,12H2,(H,21,24)/p+1. The van der Waals surface area contributed by atoms with E-state index < -0.39 is 0 Å². The molecule has 0 unspecified atom stereocenters. The Kier molecular flexibility index (Phi) is 5.89. The summed E-state index contributed by atoms with van der Waals surface area (Å²) in [5, 5.41) is 13.9. The summed E-state index contributed by atoms with van der Waals surface area (Å²) in [6.07, 6.45) is 0. The third-order valence-corrected chi connectivity index (χ3v) is 5.44. The molecule has 26 heavy (non-hydrogen) atoms. The van der Waals surface area contributed by atoms with Gasteiger partial charge in [0.05, 0.1) is 41.6 Å². The highest BCUT2D eigenvalue weighted by Gasteiger charge is 2.26. The first kappa shape index (κ1) is 18.4. The number of piperazine rings is 1. The molecule has 2 amide bonds. The highest BCUT2D eigenvalue weighted by atomic mass is 35.5. The molecule has 6 nitrogen and oxygen atoms in total. The highest BCUT2D eigenvalue weighted by molar-refractivity contribution is 7.12. The van der Waals surface area contributed by atoms with E-state index in [9.17, 15) is 9.59 Å². The lowest BCUT2D eigenvalue weighted by atomic mass is 10.2.